The van der Waals surface area contributed by atoms with Gasteiger partial charge < -0.3 is 14.2 Å². The van der Waals surface area contributed by atoms with E-state index in [2.05, 4.69) is 45.0 Å². The first kappa shape index (κ1) is 24.1. The lowest BCUT2D eigenvalue weighted by atomic mass is 10.2. The van der Waals surface area contributed by atoms with Crippen molar-refractivity contribution in [1.82, 2.24) is 0 Å². The monoisotopic (exact) mass is 394 g/mol. The molecule has 3 aromatic rings. The fourth-order valence-electron chi connectivity index (χ4n) is 2.40. The van der Waals surface area contributed by atoms with Gasteiger partial charge in [-0.15, -0.1) is 0 Å². The first-order valence-corrected chi connectivity index (χ1v) is 9.92. The summed E-state index contributed by atoms with van der Waals surface area (Å²) >= 11 is 0. The molecule has 0 amide bonds. The summed E-state index contributed by atoms with van der Waals surface area (Å²) < 4.78 is 15.0. The largest absolute Gasteiger partial charge is 0.497 e. The molecule has 0 aliphatic rings. The van der Waals surface area contributed by atoms with Gasteiger partial charge in [0.15, 0.2) is 0 Å². The average Bonchev–Trinajstić information content (AvgIpc) is 2.80. The lowest BCUT2D eigenvalue weighted by Crippen LogP contribution is -1.83. The van der Waals surface area contributed by atoms with Crippen LogP contribution in [0.2, 0.25) is 0 Å². The summed E-state index contributed by atoms with van der Waals surface area (Å²) in [5, 5.41) is 0. The molecule has 0 aromatic heterocycles. The summed E-state index contributed by atoms with van der Waals surface area (Å²) in [7, 11) is 5.03. The molecule has 3 aromatic carbocycles. The molecule has 0 radical (unpaired) electrons. The predicted octanol–water partition coefficient (Wildman–Crippen LogP) is 6.52. The molecule has 0 N–H and O–H groups in total. The van der Waals surface area contributed by atoms with Crippen molar-refractivity contribution in [1.29, 1.82) is 0 Å². The smallest absolute Gasteiger partial charge is 0.118 e. The molecule has 0 bridgehead atoms. The normalized spacial score (nSPS) is 9.31. The molecule has 3 nitrogen and oxygen atoms in total. The predicted molar refractivity (Wildman–Crippen MR) is 122 cm³/mol. The Bertz CT molecular complexity index is 682. The molecule has 0 saturated heterocycles. The third-order valence-corrected chi connectivity index (χ3v) is 4.39. The molecule has 0 atom stereocenters. The van der Waals surface area contributed by atoms with Crippen LogP contribution in [0.5, 0.6) is 17.2 Å². The number of hydrogen-bond acceptors (Lipinski definition) is 3. The molecule has 0 aliphatic carbocycles. The molecule has 0 fully saturated rings. The maximum absolute atomic E-state index is 5.01. The Kier molecular flexibility index (Phi) is 11.7. The van der Waals surface area contributed by atoms with Crippen molar-refractivity contribution < 1.29 is 14.2 Å². The van der Waals surface area contributed by atoms with Crippen LogP contribution >= 0.6 is 0 Å². The van der Waals surface area contributed by atoms with Crippen molar-refractivity contribution in [3.05, 3.63) is 89.5 Å². The minimum Gasteiger partial charge on any atom is -0.497 e. The second-order valence-electron chi connectivity index (χ2n) is 6.42. The highest BCUT2D eigenvalue weighted by atomic mass is 16.5. The van der Waals surface area contributed by atoms with Crippen LogP contribution < -0.4 is 14.2 Å². The van der Waals surface area contributed by atoms with Crippen LogP contribution in [0.15, 0.2) is 72.8 Å². The zero-order chi connectivity index (χ0) is 21.5. The summed E-state index contributed by atoms with van der Waals surface area (Å²) in [5.74, 6) is 2.77. The maximum atomic E-state index is 5.01. The third kappa shape index (κ3) is 9.70. The Morgan fingerprint density at radius 2 is 0.759 bits per heavy atom. The van der Waals surface area contributed by atoms with E-state index in [4.69, 9.17) is 14.2 Å². The Hall–Kier alpha value is -2.94. The third-order valence-electron chi connectivity index (χ3n) is 4.39. The molecule has 29 heavy (non-hydrogen) atoms. The van der Waals surface area contributed by atoms with Crippen molar-refractivity contribution in [2.45, 2.75) is 33.6 Å². The molecular formula is C26H34O3. The van der Waals surface area contributed by atoms with E-state index in [0.29, 0.717) is 0 Å². The van der Waals surface area contributed by atoms with Crippen molar-refractivity contribution in [2.75, 3.05) is 21.3 Å². The van der Waals surface area contributed by atoms with Gasteiger partial charge in [0.2, 0.25) is 0 Å². The summed E-state index contributed by atoms with van der Waals surface area (Å²) in [6, 6.07) is 24.2. The Morgan fingerprint density at radius 1 is 0.483 bits per heavy atom. The van der Waals surface area contributed by atoms with Gasteiger partial charge in [0.05, 0.1) is 21.3 Å². The quantitative estimate of drug-likeness (QED) is 0.493. The Morgan fingerprint density at radius 3 is 1.00 bits per heavy atom. The SMILES string of the molecule is CCc1ccc(OC)cc1.CCc1ccc(OC)cc1.COc1ccc(C)cc1. The highest BCUT2D eigenvalue weighted by Gasteiger charge is 1.90. The second kappa shape index (κ2) is 14.1. The molecule has 3 heteroatoms. The van der Waals surface area contributed by atoms with Crippen molar-refractivity contribution in [3.8, 4) is 17.2 Å². The standard InChI is InChI=1S/2C9H12O.C8H10O/c2*1-3-8-4-6-9(10-2)7-5-8;1-7-3-5-8(9-2)6-4-7/h2*4-7H,3H2,1-2H3;3-6H,1-2H3. The van der Waals surface area contributed by atoms with Crippen molar-refractivity contribution in [2.24, 2.45) is 0 Å². The van der Waals surface area contributed by atoms with Gasteiger partial charge in [-0.2, -0.15) is 0 Å². The number of rotatable bonds is 5. The maximum Gasteiger partial charge on any atom is 0.118 e. The van der Waals surface area contributed by atoms with Crippen LogP contribution in [0.3, 0.4) is 0 Å². The van der Waals surface area contributed by atoms with Crippen LogP contribution in [0, 0.1) is 6.92 Å². The lowest BCUT2D eigenvalue weighted by Gasteiger charge is -1.99. The van der Waals surface area contributed by atoms with Gasteiger partial charge in [-0.25, -0.2) is 0 Å². The van der Waals surface area contributed by atoms with Crippen molar-refractivity contribution >= 4 is 0 Å². The number of ether oxygens (including phenoxy) is 3. The van der Waals surface area contributed by atoms with E-state index in [1.54, 1.807) is 21.3 Å². The number of methoxy groups -OCH3 is 3. The van der Waals surface area contributed by atoms with E-state index in [9.17, 15) is 0 Å². The van der Waals surface area contributed by atoms with Gasteiger partial charge in [-0.3, -0.25) is 0 Å². The zero-order valence-electron chi connectivity index (χ0n) is 18.6. The fraction of sp³-hybridized carbons (Fsp3) is 0.308. The van der Waals surface area contributed by atoms with Crippen molar-refractivity contribution in [3.63, 3.8) is 0 Å². The van der Waals surface area contributed by atoms with Crippen LogP contribution in [0.4, 0.5) is 0 Å². The van der Waals surface area contributed by atoms with Gasteiger partial charge in [-0.05, 0) is 67.3 Å². The molecular weight excluding hydrogens is 360 g/mol. The van der Waals surface area contributed by atoms with Crippen LogP contribution in [-0.4, -0.2) is 21.3 Å². The molecule has 0 heterocycles. The van der Waals surface area contributed by atoms with E-state index < -0.39 is 0 Å². The topological polar surface area (TPSA) is 27.7 Å². The lowest BCUT2D eigenvalue weighted by molar-refractivity contribution is 0.414. The second-order valence-corrected chi connectivity index (χ2v) is 6.42. The fourth-order valence-corrected chi connectivity index (χ4v) is 2.40. The molecule has 0 spiro atoms. The van der Waals surface area contributed by atoms with E-state index in [1.165, 1.54) is 16.7 Å². The van der Waals surface area contributed by atoms with E-state index in [0.717, 1.165) is 30.1 Å². The first-order chi connectivity index (χ1) is 14.1. The summed E-state index contributed by atoms with van der Waals surface area (Å²) in [6.07, 6.45) is 2.17. The van der Waals surface area contributed by atoms with Gasteiger partial charge in [0.25, 0.3) is 0 Å². The van der Waals surface area contributed by atoms with Gasteiger partial charge >= 0.3 is 0 Å². The van der Waals surface area contributed by atoms with E-state index >= 15 is 0 Å². The Balaban J connectivity index is 0.000000218. The van der Waals surface area contributed by atoms with Crippen LogP contribution in [0.1, 0.15) is 30.5 Å². The van der Waals surface area contributed by atoms with E-state index in [-0.39, 0.29) is 0 Å². The molecule has 3 rings (SSSR count). The van der Waals surface area contributed by atoms with Gasteiger partial charge in [0.1, 0.15) is 17.2 Å². The highest BCUT2D eigenvalue weighted by molar-refractivity contribution is 5.28. The van der Waals surface area contributed by atoms with Crippen LogP contribution in [0.25, 0.3) is 0 Å². The average molecular weight is 395 g/mol. The number of aryl methyl sites for hydroxylation is 3. The minimum atomic E-state index is 0.917. The first-order valence-electron chi connectivity index (χ1n) is 9.92. The Labute approximate surface area is 176 Å². The summed E-state index contributed by atoms with van der Waals surface area (Å²) in [4.78, 5) is 0. The highest BCUT2D eigenvalue weighted by Crippen LogP contribution is 2.12. The van der Waals surface area contributed by atoms with Gasteiger partial charge in [-0.1, -0.05) is 55.8 Å². The molecule has 0 saturated carbocycles. The van der Waals surface area contributed by atoms with Gasteiger partial charge in [0, 0.05) is 0 Å². The number of benzene rings is 3. The van der Waals surface area contributed by atoms with Crippen LogP contribution in [-0.2, 0) is 12.8 Å². The molecule has 156 valence electrons. The minimum absolute atomic E-state index is 0.917. The molecule has 0 aliphatic heterocycles. The van der Waals surface area contributed by atoms with E-state index in [1.807, 2.05) is 48.5 Å². The number of hydrogen-bond donors (Lipinski definition) is 0. The molecule has 0 unspecified atom stereocenters. The zero-order valence-corrected chi connectivity index (χ0v) is 18.6. The summed E-state index contributed by atoms with van der Waals surface area (Å²) in [5.41, 5.74) is 3.96. The summed E-state index contributed by atoms with van der Waals surface area (Å²) in [6.45, 7) is 6.34.